The van der Waals surface area contributed by atoms with Gasteiger partial charge in [0.25, 0.3) is 0 Å². The highest BCUT2D eigenvalue weighted by Crippen LogP contribution is 2.45. The van der Waals surface area contributed by atoms with E-state index in [4.69, 9.17) is 19.0 Å². The Kier molecular flexibility index (Phi) is 9.32. The second-order valence-corrected chi connectivity index (χ2v) is 11.2. The maximum absolute atomic E-state index is 15.3. The Morgan fingerprint density at radius 1 is 1.27 bits per heavy atom. The molecule has 2 aliphatic heterocycles. The number of nitrogens with zero attached hydrogens (tertiary/aromatic N) is 1. The number of Topliss-reactive ketones (excluding diaryl/α,β-unsaturated/α-hetero) is 1. The number of fused-ring (bicyclic) bond motifs is 1. The number of carbonyl (C=O) groups excluding carboxylic acids is 2. The van der Waals surface area contributed by atoms with Crippen LogP contribution in [0, 0.1) is 17.3 Å². The molecule has 0 amide bonds. The molecule has 0 aliphatic carbocycles. The third kappa shape index (κ3) is 6.85. The number of hydrogen-bond acceptors (Lipinski definition) is 9. The first-order chi connectivity index (χ1) is 17.3. The number of ketones is 1. The minimum absolute atomic E-state index is 0.0203. The van der Waals surface area contributed by atoms with Crippen molar-refractivity contribution in [3.8, 4) is 0 Å². The van der Waals surface area contributed by atoms with Crippen LogP contribution in [0.5, 0.6) is 0 Å². The van der Waals surface area contributed by atoms with Gasteiger partial charge < -0.3 is 29.2 Å². The Morgan fingerprint density at radius 3 is 2.59 bits per heavy atom. The van der Waals surface area contributed by atoms with Crippen LogP contribution in [0.3, 0.4) is 0 Å². The Bertz CT molecular complexity index is 991. The van der Waals surface area contributed by atoms with E-state index in [2.05, 4.69) is 4.98 Å². The topological polar surface area (TPSA) is 143 Å². The van der Waals surface area contributed by atoms with Crippen LogP contribution in [0.25, 0.3) is 6.08 Å². The van der Waals surface area contributed by atoms with Gasteiger partial charge in [-0.2, -0.15) is 0 Å². The number of oxazole rings is 1. The maximum Gasteiger partial charge on any atom is 0.309 e. The van der Waals surface area contributed by atoms with Crippen LogP contribution in [-0.4, -0.2) is 62.1 Å². The summed E-state index contributed by atoms with van der Waals surface area (Å²) in [6, 6.07) is 0. The summed E-state index contributed by atoms with van der Waals surface area (Å²) in [7, 11) is 0. The summed E-state index contributed by atoms with van der Waals surface area (Å²) in [5.41, 5.74) is -1.73. The van der Waals surface area contributed by atoms with E-state index in [1.54, 1.807) is 13.8 Å². The first kappa shape index (κ1) is 29.4. The highest BCUT2D eigenvalue weighted by Gasteiger charge is 2.53. The van der Waals surface area contributed by atoms with E-state index in [-0.39, 0.29) is 35.8 Å². The fourth-order valence-electron chi connectivity index (χ4n) is 5.10. The van der Waals surface area contributed by atoms with E-state index in [9.17, 15) is 19.8 Å². The van der Waals surface area contributed by atoms with Crippen LogP contribution in [-0.2, 0) is 25.7 Å². The van der Waals surface area contributed by atoms with Crippen molar-refractivity contribution in [3.63, 3.8) is 0 Å². The normalized spacial score (nSPS) is 36.1. The van der Waals surface area contributed by atoms with Gasteiger partial charge in [0.1, 0.15) is 30.2 Å². The van der Waals surface area contributed by atoms with Gasteiger partial charge in [-0.25, -0.2) is 9.37 Å². The molecule has 2 fully saturated rings. The molecule has 0 spiro atoms. The van der Waals surface area contributed by atoms with Crippen molar-refractivity contribution >= 4 is 17.8 Å². The molecule has 2 aliphatic rings. The Balaban J connectivity index is 1.87. The summed E-state index contributed by atoms with van der Waals surface area (Å²) in [6.45, 7) is 8.28. The number of rotatable bonds is 4. The summed E-state index contributed by atoms with van der Waals surface area (Å²) in [6.07, 6.45) is 0.328. The SMILES string of the molecule is CC[C@H]1C(=O)C(C)(C)[C@@H](O)CC(=O)O[C@H](C(F)=Cc2coc(CO)n2)C[C@@H]2O[C@]2(C)CCC[C@H](C)[C@@H]1O. The minimum Gasteiger partial charge on any atom is -0.455 e. The molecule has 0 saturated carbocycles. The number of aromatic nitrogens is 1. The van der Waals surface area contributed by atoms with Gasteiger partial charge in [0.05, 0.1) is 35.7 Å². The Morgan fingerprint density at radius 2 is 1.97 bits per heavy atom. The quantitative estimate of drug-likeness (QED) is 0.398. The lowest BCUT2D eigenvalue weighted by Gasteiger charge is -2.35. The zero-order valence-corrected chi connectivity index (χ0v) is 22.3. The molecule has 0 unspecified atom stereocenters. The molecule has 0 radical (unpaired) electrons. The molecular weight excluding hydrogens is 485 g/mol. The lowest BCUT2D eigenvalue weighted by Crippen LogP contribution is -2.46. The molecule has 0 bridgehead atoms. The number of ether oxygens (including phenoxy) is 2. The second kappa shape index (κ2) is 11.7. The average molecular weight is 526 g/mol. The molecule has 37 heavy (non-hydrogen) atoms. The van der Waals surface area contributed by atoms with Gasteiger partial charge in [0.2, 0.25) is 5.89 Å². The van der Waals surface area contributed by atoms with E-state index >= 15 is 4.39 Å². The number of hydrogen-bond donors (Lipinski definition) is 3. The molecule has 3 N–H and O–H groups in total. The first-order valence-corrected chi connectivity index (χ1v) is 13.0. The summed E-state index contributed by atoms with van der Waals surface area (Å²) in [5.74, 6) is -2.80. The third-order valence-electron chi connectivity index (χ3n) is 7.97. The fraction of sp³-hybridized carbons (Fsp3) is 0.741. The molecule has 10 heteroatoms. The van der Waals surface area contributed by atoms with Crippen molar-refractivity contribution in [2.24, 2.45) is 17.3 Å². The fourth-order valence-corrected chi connectivity index (χ4v) is 5.10. The van der Waals surface area contributed by atoms with Gasteiger partial charge in [0.15, 0.2) is 6.10 Å². The Labute approximate surface area is 217 Å². The smallest absolute Gasteiger partial charge is 0.309 e. The second-order valence-electron chi connectivity index (χ2n) is 11.2. The van der Waals surface area contributed by atoms with Gasteiger partial charge in [-0.15, -0.1) is 0 Å². The van der Waals surface area contributed by atoms with Crippen molar-refractivity contribution in [2.75, 3.05) is 0 Å². The van der Waals surface area contributed by atoms with Gasteiger partial charge in [0, 0.05) is 18.4 Å². The van der Waals surface area contributed by atoms with Crippen LogP contribution < -0.4 is 0 Å². The number of cyclic esters (lactones) is 1. The van der Waals surface area contributed by atoms with Gasteiger partial charge >= 0.3 is 5.97 Å². The molecule has 7 atom stereocenters. The van der Waals surface area contributed by atoms with Gasteiger partial charge in [-0.3, -0.25) is 9.59 Å². The zero-order valence-electron chi connectivity index (χ0n) is 22.3. The van der Waals surface area contributed by atoms with Crippen molar-refractivity contribution in [3.05, 3.63) is 23.7 Å². The van der Waals surface area contributed by atoms with E-state index in [1.165, 1.54) is 6.26 Å². The number of epoxide rings is 1. The highest BCUT2D eigenvalue weighted by atomic mass is 19.1. The van der Waals surface area contributed by atoms with E-state index < -0.39 is 60.1 Å². The van der Waals surface area contributed by atoms with Crippen molar-refractivity contribution < 1.29 is 43.2 Å². The molecule has 3 heterocycles. The van der Waals surface area contributed by atoms with Crippen LogP contribution >= 0.6 is 0 Å². The lowest BCUT2D eigenvalue weighted by molar-refractivity contribution is -0.155. The monoisotopic (exact) mass is 525 g/mol. The highest BCUT2D eigenvalue weighted by molar-refractivity contribution is 5.88. The van der Waals surface area contributed by atoms with E-state index in [1.807, 2.05) is 20.8 Å². The lowest BCUT2D eigenvalue weighted by atomic mass is 9.71. The van der Waals surface area contributed by atoms with Gasteiger partial charge in [-0.05, 0) is 32.1 Å². The van der Waals surface area contributed by atoms with E-state index in [0.717, 1.165) is 12.5 Å². The maximum atomic E-state index is 15.3. The number of aliphatic hydroxyl groups is 3. The average Bonchev–Trinajstić information content (AvgIpc) is 3.24. The molecular formula is C27H40FNO8. The molecule has 1 aromatic rings. The predicted octanol–water partition coefficient (Wildman–Crippen LogP) is 3.49. The summed E-state index contributed by atoms with van der Waals surface area (Å²) < 4.78 is 31.7. The van der Waals surface area contributed by atoms with Crippen molar-refractivity contribution in [1.82, 2.24) is 4.98 Å². The van der Waals surface area contributed by atoms with Gasteiger partial charge in [-0.1, -0.05) is 34.1 Å². The van der Waals surface area contributed by atoms with Crippen LogP contribution in [0.2, 0.25) is 0 Å². The van der Waals surface area contributed by atoms with Crippen molar-refractivity contribution in [1.29, 1.82) is 0 Å². The molecule has 1 aromatic heterocycles. The largest absolute Gasteiger partial charge is 0.455 e. The zero-order chi connectivity index (χ0) is 27.5. The third-order valence-corrected chi connectivity index (χ3v) is 7.97. The number of halogens is 1. The molecule has 208 valence electrons. The van der Waals surface area contributed by atoms with E-state index in [0.29, 0.717) is 19.3 Å². The Hall–Kier alpha value is -2.14. The minimum atomic E-state index is -1.39. The number of esters is 1. The standard InChI is InChI=1S/C27H40FNO8/c1-6-17-24(33)15(2)8-7-9-27(5)21(37-27)11-19(18(28)10-16-14-35-22(13-30)29-16)36-23(32)12-20(31)26(3,4)25(17)34/h10,14-15,17,19-21,24,30-31,33H,6-9,11-13H2,1-5H3/t15-,17+,19-,20-,21-,24-,27+/m0/s1. The number of aliphatic hydroxyl groups excluding tert-OH is 3. The summed E-state index contributed by atoms with van der Waals surface area (Å²) in [5, 5.41) is 31.0. The molecule has 9 nitrogen and oxygen atoms in total. The molecule has 2 saturated heterocycles. The summed E-state index contributed by atoms with van der Waals surface area (Å²) in [4.78, 5) is 30.1. The summed E-state index contributed by atoms with van der Waals surface area (Å²) >= 11 is 0. The predicted molar refractivity (Wildman–Crippen MR) is 132 cm³/mol. The van der Waals surface area contributed by atoms with Crippen LogP contribution in [0.1, 0.15) is 84.7 Å². The van der Waals surface area contributed by atoms with Crippen LogP contribution in [0.4, 0.5) is 4.39 Å². The number of carbonyl (C=O) groups is 2. The molecule has 0 aromatic carbocycles. The first-order valence-electron chi connectivity index (χ1n) is 13.0. The van der Waals surface area contributed by atoms with Crippen LogP contribution in [0.15, 0.2) is 16.5 Å². The molecule has 3 rings (SSSR count). The van der Waals surface area contributed by atoms with Crippen molar-refractivity contribution in [2.45, 2.75) is 110 Å².